The molecule has 2 aromatic rings. The molecule has 0 aliphatic carbocycles. The number of fused-ring (bicyclic) bond motifs is 1. The highest BCUT2D eigenvalue weighted by Crippen LogP contribution is 2.19. The third-order valence-electron chi connectivity index (χ3n) is 3.29. The zero-order chi connectivity index (χ0) is 14.0. The van der Waals surface area contributed by atoms with Crippen LogP contribution < -0.4 is 5.56 Å². The van der Waals surface area contributed by atoms with Gasteiger partial charge in [-0.25, -0.2) is 4.98 Å². The van der Waals surface area contributed by atoms with E-state index in [0.29, 0.717) is 5.39 Å². The molecule has 1 N–H and O–H groups in total. The van der Waals surface area contributed by atoms with E-state index in [2.05, 4.69) is 4.98 Å². The molecule has 0 amide bonds. The Labute approximate surface area is 116 Å². The lowest BCUT2D eigenvalue weighted by Crippen LogP contribution is -2.24. The lowest BCUT2D eigenvalue weighted by atomic mass is 10.00. The van der Waals surface area contributed by atoms with Crippen molar-refractivity contribution in [3.8, 4) is 0 Å². The lowest BCUT2D eigenvalue weighted by Gasteiger charge is -2.19. The van der Waals surface area contributed by atoms with Crippen molar-refractivity contribution in [2.24, 2.45) is 0 Å². The first-order valence-electron chi connectivity index (χ1n) is 6.55. The van der Waals surface area contributed by atoms with Crippen LogP contribution in [0.2, 0.25) is 0 Å². The lowest BCUT2D eigenvalue weighted by molar-refractivity contribution is 0.0671. The summed E-state index contributed by atoms with van der Waals surface area (Å²) < 4.78 is 1.69. The largest absolute Gasteiger partial charge is 0.390 e. The Morgan fingerprint density at radius 2 is 2.26 bits per heavy atom. The van der Waals surface area contributed by atoms with E-state index < -0.39 is 5.60 Å². The molecule has 1 atom stereocenters. The number of hydrogen-bond donors (Lipinski definition) is 1. The molecule has 0 aromatic carbocycles. The van der Waals surface area contributed by atoms with Crippen LogP contribution in [0.4, 0.5) is 0 Å². The molecular formula is C14H20N2O2S. The minimum Gasteiger partial charge on any atom is -0.390 e. The van der Waals surface area contributed by atoms with Gasteiger partial charge in [0.15, 0.2) is 0 Å². The van der Waals surface area contributed by atoms with Crippen LogP contribution in [0.1, 0.15) is 46.1 Å². The van der Waals surface area contributed by atoms with Gasteiger partial charge in [0.05, 0.1) is 17.3 Å². The fraction of sp³-hybridized carbons (Fsp3) is 0.571. The van der Waals surface area contributed by atoms with Gasteiger partial charge in [0, 0.05) is 6.04 Å². The normalized spacial score (nSPS) is 13.9. The molecular weight excluding hydrogens is 260 g/mol. The van der Waals surface area contributed by atoms with Crippen LogP contribution in [-0.2, 0) is 0 Å². The van der Waals surface area contributed by atoms with E-state index in [1.165, 1.54) is 11.3 Å². The van der Waals surface area contributed by atoms with E-state index in [1.54, 1.807) is 10.9 Å². The Bertz CT molecular complexity index is 610. The van der Waals surface area contributed by atoms with Gasteiger partial charge in [0.25, 0.3) is 5.56 Å². The first-order chi connectivity index (χ1) is 8.88. The molecule has 0 saturated carbocycles. The Kier molecular flexibility index (Phi) is 4.06. The van der Waals surface area contributed by atoms with Gasteiger partial charge in [-0.05, 0) is 51.5 Å². The molecule has 104 valence electrons. The van der Waals surface area contributed by atoms with Crippen molar-refractivity contribution >= 4 is 21.6 Å². The second-order valence-corrected chi connectivity index (χ2v) is 6.54. The quantitative estimate of drug-likeness (QED) is 0.916. The van der Waals surface area contributed by atoms with Crippen molar-refractivity contribution in [2.75, 3.05) is 0 Å². The summed E-state index contributed by atoms with van der Waals surface area (Å²) in [4.78, 5) is 17.4. The maximum atomic E-state index is 12.3. The molecule has 0 bridgehead atoms. The summed E-state index contributed by atoms with van der Waals surface area (Å²) in [5, 5.41) is 12.3. The highest BCUT2D eigenvalue weighted by atomic mass is 32.1. The highest BCUT2D eigenvalue weighted by Gasteiger charge is 2.15. The van der Waals surface area contributed by atoms with Gasteiger partial charge in [0.1, 0.15) is 4.83 Å². The summed E-state index contributed by atoms with van der Waals surface area (Å²) in [5.41, 5.74) is -0.609. The van der Waals surface area contributed by atoms with Crippen molar-refractivity contribution in [3.05, 3.63) is 28.1 Å². The van der Waals surface area contributed by atoms with Crippen LogP contribution in [0.25, 0.3) is 10.2 Å². The molecule has 0 radical (unpaired) electrons. The van der Waals surface area contributed by atoms with E-state index in [-0.39, 0.29) is 11.6 Å². The molecule has 2 aromatic heterocycles. The molecule has 19 heavy (non-hydrogen) atoms. The molecule has 4 nitrogen and oxygen atoms in total. The highest BCUT2D eigenvalue weighted by molar-refractivity contribution is 7.16. The van der Waals surface area contributed by atoms with E-state index >= 15 is 0 Å². The predicted octanol–water partition coefficient (Wildman–Crippen LogP) is 2.96. The average molecular weight is 280 g/mol. The number of aromatic nitrogens is 2. The van der Waals surface area contributed by atoms with Crippen LogP contribution in [0.15, 0.2) is 22.6 Å². The van der Waals surface area contributed by atoms with Crippen molar-refractivity contribution in [1.82, 2.24) is 9.55 Å². The monoisotopic (exact) mass is 280 g/mol. The van der Waals surface area contributed by atoms with E-state index in [1.807, 2.05) is 32.2 Å². The third kappa shape index (κ3) is 3.42. The van der Waals surface area contributed by atoms with E-state index in [9.17, 15) is 9.90 Å². The molecule has 0 aliphatic heterocycles. The Morgan fingerprint density at radius 3 is 2.95 bits per heavy atom. The molecule has 0 fully saturated rings. The average Bonchev–Trinajstić information content (AvgIpc) is 2.76. The number of aliphatic hydroxyl groups is 1. The van der Waals surface area contributed by atoms with Crippen molar-refractivity contribution in [1.29, 1.82) is 0 Å². The third-order valence-corrected chi connectivity index (χ3v) is 4.12. The van der Waals surface area contributed by atoms with Gasteiger partial charge in [-0.15, -0.1) is 11.3 Å². The van der Waals surface area contributed by atoms with Crippen LogP contribution in [-0.4, -0.2) is 20.3 Å². The van der Waals surface area contributed by atoms with Gasteiger partial charge < -0.3 is 5.11 Å². The Hall–Kier alpha value is -1.20. The van der Waals surface area contributed by atoms with Crippen LogP contribution >= 0.6 is 11.3 Å². The SMILES string of the molecule is C[C@@H](CCCC(C)(C)O)n1cnc2sccc2c1=O. The maximum Gasteiger partial charge on any atom is 0.262 e. The second-order valence-electron chi connectivity index (χ2n) is 5.65. The molecule has 0 spiro atoms. The topological polar surface area (TPSA) is 55.1 Å². The summed E-state index contributed by atoms with van der Waals surface area (Å²) in [6, 6.07) is 1.93. The molecule has 2 heterocycles. The van der Waals surface area contributed by atoms with Crippen LogP contribution in [0, 0.1) is 0 Å². The summed E-state index contributed by atoms with van der Waals surface area (Å²) in [5.74, 6) is 0. The summed E-state index contributed by atoms with van der Waals surface area (Å²) >= 11 is 1.49. The molecule has 0 saturated heterocycles. The Balaban J connectivity index is 2.11. The fourth-order valence-electron chi connectivity index (χ4n) is 2.15. The van der Waals surface area contributed by atoms with Crippen molar-refractivity contribution in [3.63, 3.8) is 0 Å². The minimum atomic E-state index is -0.639. The first kappa shape index (κ1) is 14.2. The summed E-state index contributed by atoms with van der Waals surface area (Å²) in [6.07, 6.45) is 4.12. The fourth-order valence-corrected chi connectivity index (χ4v) is 2.88. The maximum absolute atomic E-state index is 12.3. The predicted molar refractivity (Wildman–Crippen MR) is 78.7 cm³/mol. The standard InChI is InChI=1S/C14H20N2O2S/c1-10(5-4-7-14(2,3)18)16-9-15-12-11(13(16)17)6-8-19-12/h6,8-10,18H,4-5,7H2,1-3H3/t10-/m0/s1. The number of thiophene rings is 1. The molecule has 0 aliphatic rings. The van der Waals surface area contributed by atoms with Crippen LogP contribution in [0.3, 0.4) is 0 Å². The van der Waals surface area contributed by atoms with E-state index in [0.717, 1.165) is 24.1 Å². The van der Waals surface area contributed by atoms with Gasteiger partial charge in [-0.3, -0.25) is 9.36 Å². The summed E-state index contributed by atoms with van der Waals surface area (Å²) in [7, 11) is 0. The van der Waals surface area contributed by atoms with Crippen molar-refractivity contribution < 1.29 is 5.11 Å². The number of rotatable bonds is 5. The molecule has 2 rings (SSSR count). The van der Waals surface area contributed by atoms with Crippen LogP contribution in [0.5, 0.6) is 0 Å². The smallest absolute Gasteiger partial charge is 0.262 e. The zero-order valence-electron chi connectivity index (χ0n) is 11.6. The molecule has 0 unspecified atom stereocenters. The van der Waals surface area contributed by atoms with Gasteiger partial charge >= 0.3 is 0 Å². The molecule has 5 heteroatoms. The van der Waals surface area contributed by atoms with Gasteiger partial charge in [-0.1, -0.05) is 0 Å². The van der Waals surface area contributed by atoms with Gasteiger partial charge in [0.2, 0.25) is 0 Å². The Morgan fingerprint density at radius 1 is 1.53 bits per heavy atom. The summed E-state index contributed by atoms with van der Waals surface area (Å²) in [6.45, 7) is 5.64. The first-order valence-corrected chi connectivity index (χ1v) is 7.43. The number of nitrogens with zero attached hydrogens (tertiary/aromatic N) is 2. The van der Waals surface area contributed by atoms with Gasteiger partial charge in [-0.2, -0.15) is 0 Å². The van der Waals surface area contributed by atoms with E-state index in [4.69, 9.17) is 0 Å². The zero-order valence-corrected chi connectivity index (χ0v) is 12.4. The minimum absolute atomic E-state index is 0.0296. The second kappa shape index (κ2) is 5.43. The number of hydrogen-bond acceptors (Lipinski definition) is 4. The van der Waals surface area contributed by atoms with Crippen molar-refractivity contribution in [2.45, 2.75) is 51.7 Å².